The second-order valence-corrected chi connectivity index (χ2v) is 7.81. The molecule has 4 nitrogen and oxygen atoms in total. The highest BCUT2D eigenvalue weighted by Crippen LogP contribution is 2.32. The molecule has 8 heteroatoms. The Hall–Kier alpha value is -1.44. The van der Waals surface area contributed by atoms with Crippen LogP contribution in [0, 0.1) is 0 Å². The molecule has 0 atom stereocenters. The number of ether oxygens (including phenoxy) is 1. The summed E-state index contributed by atoms with van der Waals surface area (Å²) in [5.74, 6) is -0.326. The van der Waals surface area contributed by atoms with Crippen molar-refractivity contribution in [2.45, 2.75) is 6.54 Å². The minimum absolute atomic E-state index is 0.326. The molecule has 130 valence electrons. The quantitative estimate of drug-likeness (QED) is 0.561. The van der Waals surface area contributed by atoms with E-state index in [1.165, 1.54) is 17.4 Å². The van der Waals surface area contributed by atoms with Gasteiger partial charge in [0.1, 0.15) is 0 Å². The zero-order valence-electron chi connectivity index (χ0n) is 13.2. The summed E-state index contributed by atoms with van der Waals surface area (Å²) in [5.41, 5.74) is 0.769. The zero-order chi connectivity index (χ0) is 17.8. The normalized spacial score (nSPS) is 12.5. The second-order valence-electron chi connectivity index (χ2n) is 5.04. The second kappa shape index (κ2) is 8.29. The molecular weight excluding hydrogens is 399 g/mol. The van der Waals surface area contributed by atoms with Crippen LogP contribution in [0.25, 0.3) is 16.3 Å². The molecule has 0 aliphatic rings. The van der Waals surface area contributed by atoms with Gasteiger partial charge >= 0.3 is 0 Å². The van der Waals surface area contributed by atoms with E-state index in [9.17, 15) is 4.79 Å². The highest BCUT2D eigenvalue weighted by molar-refractivity contribution is 7.16. The summed E-state index contributed by atoms with van der Waals surface area (Å²) >= 11 is 15.5. The Kier molecular flexibility index (Phi) is 6.09. The van der Waals surface area contributed by atoms with Crippen LogP contribution in [0.2, 0.25) is 10.0 Å². The van der Waals surface area contributed by atoms with Crippen LogP contribution in [0.1, 0.15) is 4.88 Å². The van der Waals surface area contributed by atoms with Crippen LogP contribution in [-0.4, -0.2) is 24.2 Å². The van der Waals surface area contributed by atoms with Crippen molar-refractivity contribution in [3.8, 4) is 0 Å². The van der Waals surface area contributed by atoms with Crippen molar-refractivity contribution >= 4 is 68.1 Å². The first-order valence-electron chi connectivity index (χ1n) is 7.36. The Morgan fingerprint density at radius 1 is 1.36 bits per heavy atom. The van der Waals surface area contributed by atoms with Crippen molar-refractivity contribution in [3.05, 3.63) is 55.4 Å². The largest absolute Gasteiger partial charge is 0.383 e. The van der Waals surface area contributed by atoms with Gasteiger partial charge in [-0.1, -0.05) is 40.6 Å². The molecule has 2 heterocycles. The third kappa shape index (κ3) is 4.22. The molecule has 0 saturated heterocycles. The van der Waals surface area contributed by atoms with Crippen molar-refractivity contribution in [1.29, 1.82) is 0 Å². The highest BCUT2D eigenvalue weighted by Gasteiger charge is 2.13. The number of thiazole rings is 1. The van der Waals surface area contributed by atoms with E-state index >= 15 is 0 Å². The summed E-state index contributed by atoms with van der Waals surface area (Å²) in [6.45, 7) is 0.998. The summed E-state index contributed by atoms with van der Waals surface area (Å²) in [5, 5.41) is 2.88. The van der Waals surface area contributed by atoms with Crippen molar-refractivity contribution in [3.63, 3.8) is 0 Å². The Morgan fingerprint density at radius 2 is 2.20 bits per heavy atom. The number of carbonyl (C=O) groups is 1. The van der Waals surface area contributed by atoms with E-state index in [0.717, 1.165) is 15.1 Å². The fraction of sp³-hybridized carbons (Fsp3) is 0.176. The monoisotopic (exact) mass is 412 g/mol. The van der Waals surface area contributed by atoms with Gasteiger partial charge in [-0.2, -0.15) is 4.99 Å². The van der Waals surface area contributed by atoms with Gasteiger partial charge in [0, 0.05) is 24.6 Å². The van der Waals surface area contributed by atoms with E-state index < -0.39 is 0 Å². The molecule has 0 aliphatic heterocycles. The fourth-order valence-corrected chi connectivity index (χ4v) is 4.41. The van der Waals surface area contributed by atoms with Gasteiger partial charge in [0.15, 0.2) is 4.80 Å². The van der Waals surface area contributed by atoms with E-state index in [0.29, 0.717) is 28.0 Å². The molecule has 0 N–H and O–H groups in total. The predicted octanol–water partition coefficient (Wildman–Crippen LogP) is 4.86. The number of amides is 1. The molecular formula is C17H14Cl2N2O2S2. The number of hydrogen-bond acceptors (Lipinski definition) is 4. The average molecular weight is 413 g/mol. The van der Waals surface area contributed by atoms with Gasteiger partial charge in [-0.05, 0) is 29.7 Å². The molecule has 1 aromatic carbocycles. The number of methoxy groups -OCH3 is 1. The third-order valence-corrected chi connectivity index (χ3v) is 6.07. The van der Waals surface area contributed by atoms with E-state index in [2.05, 4.69) is 4.99 Å². The molecule has 0 radical (unpaired) electrons. The lowest BCUT2D eigenvalue weighted by molar-refractivity contribution is -0.113. The van der Waals surface area contributed by atoms with Gasteiger partial charge in [0.2, 0.25) is 0 Å². The number of rotatable bonds is 5. The number of hydrogen-bond donors (Lipinski definition) is 0. The van der Waals surface area contributed by atoms with Crippen molar-refractivity contribution in [2.24, 2.45) is 4.99 Å². The Bertz CT molecular complexity index is 988. The van der Waals surface area contributed by atoms with Gasteiger partial charge in [-0.3, -0.25) is 4.79 Å². The van der Waals surface area contributed by atoms with Crippen LogP contribution >= 0.6 is 45.9 Å². The summed E-state index contributed by atoms with van der Waals surface area (Å²) < 4.78 is 7.94. The minimum atomic E-state index is -0.326. The summed E-state index contributed by atoms with van der Waals surface area (Å²) in [6, 6.07) is 7.49. The van der Waals surface area contributed by atoms with E-state index in [-0.39, 0.29) is 5.91 Å². The first-order valence-corrected chi connectivity index (χ1v) is 9.82. The lowest BCUT2D eigenvalue weighted by Crippen LogP contribution is -2.19. The smallest absolute Gasteiger partial charge is 0.272 e. The van der Waals surface area contributed by atoms with Crippen molar-refractivity contribution < 1.29 is 9.53 Å². The number of nitrogens with zero attached hydrogens (tertiary/aromatic N) is 2. The first-order chi connectivity index (χ1) is 12.1. The molecule has 3 aromatic rings. The molecule has 0 fully saturated rings. The summed E-state index contributed by atoms with van der Waals surface area (Å²) in [4.78, 5) is 18.0. The zero-order valence-corrected chi connectivity index (χ0v) is 16.4. The predicted molar refractivity (Wildman–Crippen MR) is 106 cm³/mol. The molecule has 0 bridgehead atoms. The molecule has 25 heavy (non-hydrogen) atoms. The molecule has 1 amide bonds. The van der Waals surface area contributed by atoms with Gasteiger partial charge in [-0.15, -0.1) is 11.3 Å². The van der Waals surface area contributed by atoms with Crippen LogP contribution in [0.15, 0.2) is 40.7 Å². The number of fused-ring (bicyclic) bond motifs is 1. The topological polar surface area (TPSA) is 43.6 Å². The maximum absolute atomic E-state index is 12.2. The van der Waals surface area contributed by atoms with Crippen LogP contribution < -0.4 is 4.80 Å². The van der Waals surface area contributed by atoms with Crippen LogP contribution in [0.5, 0.6) is 0 Å². The fourth-order valence-electron chi connectivity index (χ4n) is 2.25. The third-order valence-electron chi connectivity index (χ3n) is 3.39. The maximum Gasteiger partial charge on any atom is 0.272 e. The highest BCUT2D eigenvalue weighted by atomic mass is 35.5. The summed E-state index contributed by atoms with van der Waals surface area (Å²) in [7, 11) is 1.62. The number of benzene rings is 1. The average Bonchev–Trinajstić information content (AvgIpc) is 3.22. The maximum atomic E-state index is 12.2. The number of halogens is 2. The van der Waals surface area contributed by atoms with Gasteiger partial charge in [0.05, 0.1) is 26.9 Å². The lowest BCUT2D eigenvalue weighted by atomic mass is 10.3. The Morgan fingerprint density at radius 3 is 2.92 bits per heavy atom. The number of thiophene rings is 1. The lowest BCUT2D eigenvalue weighted by Gasteiger charge is -2.06. The van der Waals surface area contributed by atoms with Crippen LogP contribution in [0.3, 0.4) is 0 Å². The number of aromatic nitrogens is 1. The number of carbonyl (C=O) groups excluding carboxylic acids is 1. The summed E-state index contributed by atoms with van der Waals surface area (Å²) in [6.07, 6.45) is 3.22. The van der Waals surface area contributed by atoms with E-state index in [4.69, 9.17) is 27.9 Å². The van der Waals surface area contributed by atoms with Gasteiger partial charge < -0.3 is 9.30 Å². The van der Waals surface area contributed by atoms with Crippen molar-refractivity contribution in [2.75, 3.05) is 13.7 Å². The van der Waals surface area contributed by atoms with Gasteiger partial charge in [-0.25, -0.2) is 0 Å². The van der Waals surface area contributed by atoms with Gasteiger partial charge in [0.25, 0.3) is 5.91 Å². The molecule has 3 rings (SSSR count). The standard InChI is InChI=1S/C17H14Cl2N2O2S2/c1-23-9-8-21-16-13(6-5-12(18)15(16)19)25-17(21)20-14(22)7-4-11-3-2-10-24-11/h2-7,10H,8-9H2,1H3. The Labute approximate surface area is 162 Å². The SMILES string of the molecule is COCCn1c(=NC(=O)C=Cc2cccs2)sc2ccc(Cl)c(Cl)c21. The molecule has 0 spiro atoms. The Balaban J connectivity index is 2.04. The van der Waals surface area contributed by atoms with E-state index in [1.807, 2.05) is 28.1 Å². The molecule has 2 aromatic heterocycles. The van der Waals surface area contributed by atoms with Crippen LogP contribution in [0.4, 0.5) is 0 Å². The minimum Gasteiger partial charge on any atom is -0.383 e. The van der Waals surface area contributed by atoms with Crippen LogP contribution in [-0.2, 0) is 16.1 Å². The van der Waals surface area contributed by atoms with Crippen molar-refractivity contribution in [1.82, 2.24) is 4.57 Å². The van der Waals surface area contributed by atoms with E-state index in [1.54, 1.807) is 30.6 Å². The molecule has 0 aliphatic carbocycles. The molecule has 0 saturated carbocycles. The molecule has 0 unspecified atom stereocenters. The first kappa shape index (κ1) is 18.4.